The highest BCUT2D eigenvalue weighted by Gasteiger charge is 2.45. The van der Waals surface area contributed by atoms with Gasteiger partial charge in [0.15, 0.2) is 5.96 Å². The number of nitrogens with zero attached hydrogens (tertiary/aromatic N) is 2. The molecule has 2 aliphatic rings. The molecule has 0 unspecified atom stereocenters. The van der Waals surface area contributed by atoms with Crippen LogP contribution in [0.1, 0.15) is 38.2 Å². The number of nitrogens with one attached hydrogen (secondary N) is 2. The average Bonchev–Trinajstić information content (AvgIpc) is 3.48. The molecular formula is C21H33FN4O. The minimum Gasteiger partial charge on any atom is -0.379 e. The summed E-state index contributed by atoms with van der Waals surface area (Å²) < 4.78 is 19.5. The molecule has 0 bridgehead atoms. The van der Waals surface area contributed by atoms with Crippen molar-refractivity contribution in [3.05, 3.63) is 35.6 Å². The number of aliphatic imine (C=N–C) groups is 1. The Morgan fingerprint density at radius 2 is 1.96 bits per heavy atom. The Labute approximate surface area is 162 Å². The monoisotopic (exact) mass is 376 g/mol. The van der Waals surface area contributed by atoms with Crippen LogP contribution in [-0.2, 0) is 10.2 Å². The molecule has 0 radical (unpaired) electrons. The van der Waals surface area contributed by atoms with Crippen LogP contribution in [0.2, 0.25) is 0 Å². The SMILES string of the molecule is CCNC(=NCC1(c2ccccc2F)CC1)NCCCCN1CCOCC1. The largest absolute Gasteiger partial charge is 0.379 e. The van der Waals surface area contributed by atoms with Gasteiger partial charge in [0.05, 0.1) is 19.8 Å². The van der Waals surface area contributed by atoms with Crippen LogP contribution in [0, 0.1) is 5.82 Å². The Bertz CT molecular complexity index is 612. The lowest BCUT2D eigenvalue weighted by molar-refractivity contribution is 0.0372. The van der Waals surface area contributed by atoms with Crippen molar-refractivity contribution in [3.63, 3.8) is 0 Å². The molecule has 1 aliphatic heterocycles. The first kappa shape index (κ1) is 20.1. The zero-order valence-corrected chi connectivity index (χ0v) is 16.5. The van der Waals surface area contributed by atoms with Crippen LogP contribution in [-0.4, -0.2) is 63.3 Å². The fraction of sp³-hybridized carbons (Fsp3) is 0.667. The fourth-order valence-corrected chi connectivity index (χ4v) is 3.62. The van der Waals surface area contributed by atoms with E-state index in [1.54, 1.807) is 12.1 Å². The first-order valence-electron chi connectivity index (χ1n) is 10.3. The topological polar surface area (TPSA) is 48.9 Å². The maximum Gasteiger partial charge on any atom is 0.191 e. The molecule has 2 N–H and O–H groups in total. The number of benzene rings is 1. The molecule has 1 aromatic rings. The van der Waals surface area contributed by atoms with E-state index in [1.165, 1.54) is 6.42 Å². The Hall–Kier alpha value is -1.66. The molecule has 0 amide bonds. The molecule has 0 atom stereocenters. The fourth-order valence-electron chi connectivity index (χ4n) is 3.62. The quantitative estimate of drug-likeness (QED) is 0.395. The van der Waals surface area contributed by atoms with Crippen molar-refractivity contribution in [2.75, 3.05) is 52.5 Å². The van der Waals surface area contributed by atoms with Crippen molar-refractivity contribution in [3.8, 4) is 0 Å². The van der Waals surface area contributed by atoms with E-state index in [0.717, 1.165) is 76.7 Å². The van der Waals surface area contributed by atoms with Crippen LogP contribution in [0.15, 0.2) is 29.3 Å². The molecule has 150 valence electrons. The molecule has 2 fully saturated rings. The van der Waals surface area contributed by atoms with Crippen LogP contribution in [0.25, 0.3) is 0 Å². The lowest BCUT2D eigenvalue weighted by Gasteiger charge is -2.26. The predicted octanol–water partition coefficient (Wildman–Crippen LogP) is 2.52. The Morgan fingerprint density at radius 1 is 1.19 bits per heavy atom. The standard InChI is InChI=1S/C21H33FN4O/c1-2-23-20(24-11-5-6-12-26-13-15-27-16-14-26)25-17-21(9-10-21)18-7-3-4-8-19(18)22/h3-4,7-8H,2,5-6,9-17H2,1H3,(H2,23,24,25). The van der Waals surface area contributed by atoms with Crippen molar-refractivity contribution in [1.29, 1.82) is 0 Å². The van der Waals surface area contributed by atoms with Crippen molar-refractivity contribution in [1.82, 2.24) is 15.5 Å². The molecule has 1 aliphatic carbocycles. The summed E-state index contributed by atoms with van der Waals surface area (Å²) in [7, 11) is 0. The number of morpholine rings is 1. The third kappa shape index (κ3) is 5.91. The molecule has 1 heterocycles. The first-order chi connectivity index (χ1) is 13.2. The Balaban J connectivity index is 1.43. The molecule has 27 heavy (non-hydrogen) atoms. The summed E-state index contributed by atoms with van der Waals surface area (Å²) in [4.78, 5) is 7.22. The highest BCUT2D eigenvalue weighted by atomic mass is 19.1. The molecule has 3 rings (SSSR count). The van der Waals surface area contributed by atoms with Crippen LogP contribution < -0.4 is 10.6 Å². The van der Waals surface area contributed by atoms with E-state index in [4.69, 9.17) is 9.73 Å². The third-order valence-corrected chi connectivity index (χ3v) is 5.48. The molecule has 5 nitrogen and oxygen atoms in total. The van der Waals surface area contributed by atoms with Crippen molar-refractivity contribution < 1.29 is 9.13 Å². The van der Waals surface area contributed by atoms with E-state index in [-0.39, 0.29) is 11.2 Å². The number of guanidine groups is 1. The van der Waals surface area contributed by atoms with Gasteiger partial charge in [0.25, 0.3) is 0 Å². The molecular weight excluding hydrogens is 343 g/mol. The molecule has 0 spiro atoms. The average molecular weight is 377 g/mol. The summed E-state index contributed by atoms with van der Waals surface area (Å²) in [5, 5.41) is 6.73. The second-order valence-electron chi connectivity index (χ2n) is 7.54. The minimum atomic E-state index is -0.107. The molecule has 1 saturated carbocycles. The van der Waals surface area contributed by atoms with E-state index in [9.17, 15) is 4.39 Å². The molecule has 0 aromatic heterocycles. The van der Waals surface area contributed by atoms with E-state index in [0.29, 0.717) is 6.54 Å². The summed E-state index contributed by atoms with van der Waals surface area (Å²) in [6, 6.07) is 7.13. The van der Waals surface area contributed by atoms with Gasteiger partial charge in [-0.25, -0.2) is 4.39 Å². The summed E-state index contributed by atoms with van der Waals surface area (Å²) in [6.07, 6.45) is 4.30. The predicted molar refractivity (Wildman–Crippen MR) is 108 cm³/mol. The number of halogens is 1. The summed E-state index contributed by atoms with van der Waals surface area (Å²) in [5.41, 5.74) is 0.708. The smallest absolute Gasteiger partial charge is 0.191 e. The van der Waals surface area contributed by atoms with Gasteiger partial charge < -0.3 is 15.4 Å². The second kappa shape index (κ2) is 10.0. The summed E-state index contributed by atoms with van der Waals surface area (Å²) >= 11 is 0. The van der Waals surface area contributed by atoms with Gasteiger partial charge in [-0.3, -0.25) is 9.89 Å². The van der Waals surface area contributed by atoms with E-state index in [2.05, 4.69) is 22.5 Å². The van der Waals surface area contributed by atoms with Gasteiger partial charge in [0.1, 0.15) is 5.82 Å². The maximum absolute atomic E-state index is 14.1. The number of hydrogen-bond acceptors (Lipinski definition) is 3. The molecule has 1 saturated heterocycles. The van der Waals surface area contributed by atoms with E-state index in [1.807, 2.05) is 12.1 Å². The van der Waals surface area contributed by atoms with E-state index >= 15 is 0 Å². The first-order valence-corrected chi connectivity index (χ1v) is 10.3. The van der Waals surface area contributed by atoms with Crippen molar-refractivity contribution in [2.45, 2.75) is 38.0 Å². The zero-order chi connectivity index (χ0) is 19.0. The van der Waals surface area contributed by atoms with Crippen LogP contribution >= 0.6 is 0 Å². The second-order valence-corrected chi connectivity index (χ2v) is 7.54. The van der Waals surface area contributed by atoms with Gasteiger partial charge in [-0.2, -0.15) is 0 Å². The van der Waals surface area contributed by atoms with E-state index < -0.39 is 0 Å². The van der Waals surface area contributed by atoms with Gasteiger partial charge >= 0.3 is 0 Å². The number of rotatable bonds is 9. The summed E-state index contributed by atoms with van der Waals surface area (Å²) in [5.74, 6) is 0.734. The molecule has 1 aromatic carbocycles. The van der Waals surface area contributed by atoms with Gasteiger partial charge in [0.2, 0.25) is 0 Å². The maximum atomic E-state index is 14.1. The number of ether oxygens (including phenoxy) is 1. The highest BCUT2D eigenvalue weighted by Crippen LogP contribution is 2.49. The van der Waals surface area contributed by atoms with Gasteiger partial charge in [-0.15, -0.1) is 0 Å². The summed E-state index contributed by atoms with van der Waals surface area (Å²) in [6.45, 7) is 9.39. The van der Waals surface area contributed by atoms with Crippen molar-refractivity contribution in [2.24, 2.45) is 4.99 Å². The van der Waals surface area contributed by atoms with Gasteiger partial charge in [-0.05, 0) is 50.8 Å². The van der Waals surface area contributed by atoms with Gasteiger partial charge in [0, 0.05) is 31.6 Å². The van der Waals surface area contributed by atoms with Crippen molar-refractivity contribution >= 4 is 5.96 Å². The Kier molecular flexibility index (Phi) is 7.47. The number of unbranched alkanes of at least 4 members (excludes halogenated alkanes) is 1. The van der Waals surface area contributed by atoms with Crippen LogP contribution in [0.3, 0.4) is 0 Å². The lowest BCUT2D eigenvalue weighted by Crippen LogP contribution is -2.39. The van der Waals surface area contributed by atoms with Gasteiger partial charge in [-0.1, -0.05) is 18.2 Å². The molecule has 6 heteroatoms. The lowest BCUT2D eigenvalue weighted by atomic mass is 9.95. The van der Waals surface area contributed by atoms with Crippen LogP contribution in [0.4, 0.5) is 4.39 Å². The minimum absolute atomic E-state index is 0.105. The number of hydrogen-bond donors (Lipinski definition) is 2. The highest BCUT2D eigenvalue weighted by molar-refractivity contribution is 5.79. The Morgan fingerprint density at radius 3 is 2.67 bits per heavy atom. The normalized spacial score (nSPS) is 19.7. The zero-order valence-electron chi connectivity index (χ0n) is 16.5. The third-order valence-electron chi connectivity index (χ3n) is 5.48. The van der Waals surface area contributed by atoms with Crippen LogP contribution in [0.5, 0.6) is 0 Å².